The zero-order valence-corrected chi connectivity index (χ0v) is 11.1. The van der Waals surface area contributed by atoms with E-state index in [1.807, 2.05) is 0 Å². The van der Waals surface area contributed by atoms with E-state index in [0.29, 0.717) is 13.2 Å². The number of rotatable bonds is 3. The third kappa shape index (κ3) is 4.46. The monoisotopic (exact) mass is 242 g/mol. The van der Waals surface area contributed by atoms with Crippen molar-refractivity contribution in [2.24, 2.45) is 11.8 Å². The number of Topliss-reactive ketones (excluding diaryl/α,β-unsaturated/α-hetero) is 1. The smallest absolute Gasteiger partial charge is 0.316 e. The molecule has 1 rings (SSSR count). The molecule has 98 valence electrons. The lowest BCUT2D eigenvalue weighted by Gasteiger charge is -2.25. The second-order valence-electron chi connectivity index (χ2n) is 5.57. The van der Waals surface area contributed by atoms with E-state index in [1.165, 1.54) is 0 Å². The maximum Gasteiger partial charge on any atom is 0.316 e. The molecule has 1 aliphatic heterocycles. The first-order valence-corrected chi connectivity index (χ1v) is 6.15. The molecule has 2 unspecified atom stereocenters. The van der Waals surface area contributed by atoms with Crippen LogP contribution in [-0.2, 0) is 19.1 Å². The number of esters is 1. The first kappa shape index (κ1) is 14.2. The third-order valence-electron chi connectivity index (χ3n) is 2.75. The molecule has 0 aliphatic carbocycles. The Morgan fingerprint density at radius 1 is 1.35 bits per heavy atom. The molecule has 1 saturated heterocycles. The maximum absolute atomic E-state index is 12.0. The molecule has 0 aromatic heterocycles. The lowest BCUT2D eigenvalue weighted by atomic mass is 9.90. The van der Waals surface area contributed by atoms with Crippen molar-refractivity contribution in [2.75, 3.05) is 13.2 Å². The summed E-state index contributed by atoms with van der Waals surface area (Å²) in [6.45, 7) is 8.16. The molecule has 0 saturated carbocycles. The fourth-order valence-electron chi connectivity index (χ4n) is 1.82. The van der Waals surface area contributed by atoms with E-state index in [-0.39, 0.29) is 11.7 Å². The van der Waals surface area contributed by atoms with Crippen LogP contribution in [0.5, 0.6) is 0 Å². The van der Waals surface area contributed by atoms with E-state index in [2.05, 4.69) is 0 Å². The molecule has 1 fully saturated rings. The van der Waals surface area contributed by atoms with Gasteiger partial charge in [0.25, 0.3) is 0 Å². The van der Waals surface area contributed by atoms with Crippen LogP contribution < -0.4 is 0 Å². The van der Waals surface area contributed by atoms with E-state index < -0.39 is 17.5 Å². The highest BCUT2D eigenvalue weighted by Crippen LogP contribution is 2.20. The number of hydrogen-bond donors (Lipinski definition) is 0. The quantitative estimate of drug-likeness (QED) is 0.561. The van der Waals surface area contributed by atoms with Crippen LogP contribution in [0, 0.1) is 11.8 Å². The largest absolute Gasteiger partial charge is 0.459 e. The van der Waals surface area contributed by atoms with E-state index in [0.717, 1.165) is 12.8 Å². The van der Waals surface area contributed by atoms with Crippen LogP contribution >= 0.6 is 0 Å². The summed E-state index contributed by atoms with van der Waals surface area (Å²) in [5, 5.41) is 0. The molecule has 4 nitrogen and oxygen atoms in total. The summed E-state index contributed by atoms with van der Waals surface area (Å²) in [5.74, 6) is -1.33. The Morgan fingerprint density at radius 3 is 2.47 bits per heavy atom. The van der Waals surface area contributed by atoms with E-state index in [9.17, 15) is 9.59 Å². The van der Waals surface area contributed by atoms with Gasteiger partial charge in [-0.3, -0.25) is 9.59 Å². The number of ketones is 1. The standard InChI is InChI=1S/C13H22O4/c1-9(12(15)17-13(2,3)4)11(14)10-6-5-7-16-8-10/h9-10H,5-8H2,1-4H3. The van der Waals surface area contributed by atoms with Crippen LogP contribution in [0.4, 0.5) is 0 Å². The van der Waals surface area contributed by atoms with Gasteiger partial charge < -0.3 is 9.47 Å². The normalized spacial score (nSPS) is 22.9. The summed E-state index contributed by atoms with van der Waals surface area (Å²) in [6, 6.07) is 0. The van der Waals surface area contributed by atoms with Crippen molar-refractivity contribution in [1.29, 1.82) is 0 Å². The zero-order valence-electron chi connectivity index (χ0n) is 11.1. The first-order valence-electron chi connectivity index (χ1n) is 6.15. The summed E-state index contributed by atoms with van der Waals surface area (Å²) in [7, 11) is 0. The SMILES string of the molecule is CC(C(=O)OC(C)(C)C)C(=O)C1CCCOC1. The summed E-state index contributed by atoms with van der Waals surface area (Å²) < 4.78 is 10.5. The molecule has 0 amide bonds. The highest BCUT2D eigenvalue weighted by atomic mass is 16.6. The van der Waals surface area contributed by atoms with Crippen LogP contribution in [0.15, 0.2) is 0 Å². The lowest BCUT2D eigenvalue weighted by molar-refractivity contribution is -0.162. The van der Waals surface area contributed by atoms with Gasteiger partial charge in [0.05, 0.1) is 6.61 Å². The average molecular weight is 242 g/mol. The first-order chi connectivity index (χ1) is 7.81. The fourth-order valence-corrected chi connectivity index (χ4v) is 1.82. The Balaban J connectivity index is 2.53. The van der Waals surface area contributed by atoms with Gasteiger partial charge in [0, 0.05) is 12.5 Å². The lowest BCUT2D eigenvalue weighted by Crippen LogP contribution is -2.36. The second kappa shape index (κ2) is 5.63. The molecule has 0 aromatic carbocycles. The van der Waals surface area contributed by atoms with Crippen molar-refractivity contribution in [3.05, 3.63) is 0 Å². The van der Waals surface area contributed by atoms with Crippen LogP contribution in [-0.4, -0.2) is 30.6 Å². The van der Waals surface area contributed by atoms with Gasteiger partial charge in [-0.05, 0) is 40.5 Å². The Morgan fingerprint density at radius 2 is 2.00 bits per heavy atom. The van der Waals surface area contributed by atoms with Gasteiger partial charge in [-0.15, -0.1) is 0 Å². The van der Waals surface area contributed by atoms with Gasteiger partial charge in [0.1, 0.15) is 11.5 Å². The van der Waals surface area contributed by atoms with Gasteiger partial charge in [-0.2, -0.15) is 0 Å². The van der Waals surface area contributed by atoms with Crippen molar-refractivity contribution >= 4 is 11.8 Å². The maximum atomic E-state index is 12.0. The third-order valence-corrected chi connectivity index (χ3v) is 2.75. The molecule has 17 heavy (non-hydrogen) atoms. The summed E-state index contributed by atoms with van der Waals surface area (Å²) in [4.78, 5) is 23.8. The summed E-state index contributed by atoms with van der Waals surface area (Å²) in [6.07, 6.45) is 1.70. The van der Waals surface area contributed by atoms with Crippen molar-refractivity contribution in [3.63, 3.8) is 0 Å². The molecular formula is C13H22O4. The molecule has 0 spiro atoms. The van der Waals surface area contributed by atoms with E-state index >= 15 is 0 Å². The van der Waals surface area contributed by atoms with Crippen molar-refractivity contribution in [3.8, 4) is 0 Å². The molecule has 1 heterocycles. The summed E-state index contributed by atoms with van der Waals surface area (Å²) in [5.41, 5.74) is -0.547. The molecule has 0 N–H and O–H groups in total. The minimum absolute atomic E-state index is 0.0565. The molecule has 0 bridgehead atoms. The molecule has 0 radical (unpaired) electrons. The van der Waals surface area contributed by atoms with Crippen LogP contribution in [0.1, 0.15) is 40.5 Å². The van der Waals surface area contributed by atoms with Gasteiger partial charge in [0.15, 0.2) is 5.78 Å². The Bertz CT molecular complexity index is 284. The van der Waals surface area contributed by atoms with Crippen LogP contribution in [0.2, 0.25) is 0 Å². The Kier molecular flexibility index (Phi) is 4.69. The van der Waals surface area contributed by atoms with Crippen LogP contribution in [0.25, 0.3) is 0 Å². The highest BCUT2D eigenvalue weighted by Gasteiger charge is 2.32. The fraction of sp³-hybridized carbons (Fsp3) is 0.846. The topological polar surface area (TPSA) is 52.6 Å². The van der Waals surface area contributed by atoms with Crippen molar-refractivity contribution in [1.82, 2.24) is 0 Å². The molecule has 0 aromatic rings. The molecule has 1 aliphatic rings. The van der Waals surface area contributed by atoms with Crippen molar-refractivity contribution < 1.29 is 19.1 Å². The van der Waals surface area contributed by atoms with Gasteiger partial charge >= 0.3 is 5.97 Å². The number of ether oxygens (including phenoxy) is 2. The minimum Gasteiger partial charge on any atom is -0.459 e. The number of carbonyl (C=O) groups excluding carboxylic acids is 2. The number of carbonyl (C=O) groups is 2. The Hall–Kier alpha value is -0.900. The van der Waals surface area contributed by atoms with Crippen LogP contribution in [0.3, 0.4) is 0 Å². The van der Waals surface area contributed by atoms with E-state index in [1.54, 1.807) is 27.7 Å². The molecule has 4 heteroatoms. The number of hydrogen-bond acceptors (Lipinski definition) is 4. The minimum atomic E-state index is -0.694. The van der Waals surface area contributed by atoms with E-state index in [4.69, 9.17) is 9.47 Å². The average Bonchev–Trinajstić information content (AvgIpc) is 2.26. The molecule has 2 atom stereocenters. The Labute approximate surface area is 103 Å². The highest BCUT2D eigenvalue weighted by molar-refractivity contribution is 5.99. The van der Waals surface area contributed by atoms with Gasteiger partial charge in [0.2, 0.25) is 0 Å². The van der Waals surface area contributed by atoms with Crippen molar-refractivity contribution in [2.45, 2.75) is 46.1 Å². The zero-order chi connectivity index (χ0) is 13.1. The molecular weight excluding hydrogens is 220 g/mol. The second-order valence-corrected chi connectivity index (χ2v) is 5.57. The van der Waals surface area contributed by atoms with Gasteiger partial charge in [-0.25, -0.2) is 0 Å². The summed E-state index contributed by atoms with van der Waals surface area (Å²) >= 11 is 0. The predicted molar refractivity (Wildman–Crippen MR) is 63.6 cm³/mol. The van der Waals surface area contributed by atoms with Gasteiger partial charge in [-0.1, -0.05) is 0 Å². The predicted octanol–water partition coefficient (Wildman–Crippen LogP) is 1.96.